The van der Waals surface area contributed by atoms with Crippen molar-refractivity contribution < 1.29 is 22.4 Å². The number of carbonyl (C=O) groups is 2. The summed E-state index contributed by atoms with van der Waals surface area (Å²) >= 11 is 0. The molecule has 0 fully saturated rings. The summed E-state index contributed by atoms with van der Waals surface area (Å²) in [6.07, 6.45) is 3.32. The summed E-state index contributed by atoms with van der Waals surface area (Å²) in [6.45, 7) is 9.19. The van der Waals surface area contributed by atoms with E-state index >= 15 is 0 Å². The van der Waals surface area contributed by atoms with Gasteiger partial charge >= 0.3 is 0 Å². The highest BCUT2D eigenvalue weighted by molar-refractivity contribution is 7.89. The van der Waals surface area contributed by atoms with Gasteiger partial charge in [-0.3, -0.25) is 9.59 Å². The molecule has 0 aliphatic carbocycles. The molecule has 0 bridgehead atoms. The van der Waals surface area contributed by atoms with Gasteiger partial charge < -0.3 is 14.6 Å². The third kappa shape index (κ3) is 7.71. The molecule has 0 aliphatic heterocycles. The van der Waals surface area contributed by atoms with Gasteiger partial charge in [-0.15, -0.1) is 0 Å². The van der Waals surface area contributed by atoms with Gasteiger partial charge in [-0.25, -0.2) is 13.1 Å². The fraction of sp³-hybridized carbons (Fsp3) is 0.500. The summed E-state index contributed by atoms with van der Waals surface area (Å²) in [5.74, 6) is -0.275. The molecule has 2 amide bonds. The molecule has 0 saturated heterocycles. The van der Waals surface area contributed by atoms with Crippen molar-refractivity contribution in [3.63, 3.8) is 0 Å². The van der Waals surface area contributed by atoms with Crippen molar-refractivity contribution in [2.24, 2.45) is 0 Å². The predicted octanol–water partition coefficient (Wildman–Crippen LogP) is 3.37. The second-order valence-electron chi connectivity index (χ2n) is 8.77. The lowest BCUT2D eigenvalue weighted by atomic mass is 10.00. The predicted molar refractivity (Wildman–Crippen MR) is 127 cm³/mol. The van der Waals surface area contributed by atoms with Crippen LogP contribution in [0, 0.1) is 6.92 Å². The molecule has 2 aromatic rings. The Morgan fingerprint density at radius 1 is 1.12 bits per heavy atom. The van der Waals surface area contributed by atoms with Crippen LogP contribution in [0.1, 0.15) is 58.3 Å². The Balaban J connectivity index is 2.25. The largest absolute Gasteiger partial charge is 0.467 e. The summed E-state index contributed by atoms with van der Waals surface area (Å²) in [5.41, 5.74) is 0.494. The number of furan rings is 1. The van der Waals surface area contributed by atoms with Crippen LogP contribution in [0.2, 0.25) is 0 Å². The lowest BCUT2D eigenvalue weighted by Crippen LogP contribution is -2.55. The van der Waals surface area contributed by atoms with Gasteiger partial charge in [-0.1, -0.05) is 38.0 Å². The zero-order chi connectivity index (χ0) is 24.6. The Labute approximate surface area is 196 Å². The van der Waals surface area contributed by atoms with Crippen molar-refractivity contribution in [1.82, 2.24) is 14.9 Å². The molecule has 182 valence electrons. The third-order valence-corrected chi connectivity index (χ3v) is 6.97. The van der Waals surface area contributed by atoms with Gasteiger partial charge in [0.25, 0.3) is 0 Å². The molecule has 0 saturated carbocycles. The normalized spacial score (nSPS) is 12.9. The fourth-order valence-electron chi connectivity index (χ4n) is 3.21. The van der Waals surface area contributed by atoms with Crippen molar-refractivity contribution >= 4 is 21.8 Å². The highest BCUT2D eigenvalue weighted by Crippen LogP contribution is 2.17. The summed E-state index contributed by atoms with van der Waals surface area (Å²) in [5, 5.41) is 3.01. The standard InChI is InChI=1S/C24H35N3O5S/c1-6-9-21(23(29)26-24(4,5)7-2)27(17-19-10-8-15-32-19)22(28)16-25-33(30,31)20-13-11-18(3)12-14-20/h8,10-15,21,25H,6-7,9,16-17H2,1-5H3,(H,26,29). The molecule has 2 N–H and O–H groups in total. The van der Waals surface area contributed by atoms with E-state index in [0.29, 0.717) is 18.6 Å². The topological polar surface area (TPSA) is 109 Å². The molecule has 1 heterocycles. The van der Waals surface area contributed by atoms with Crippen LogP contribution in [0.3, 0.4) is 0 Å². The number of nitrogens with zero attached hydrogens (tertiary/aromatic N) is 1. The first-order valence-electron chi connectivity index (χ1n) is 11.2. The first-order chi connectivity index (χ1) is 15.5. The fourth-order valence-corrected chi connectivity index (χ4v) is 4.18. The van der Waals surface area contributed by atoms with Crippen LogP contribution in [0.5, 0.6) is 0 Å². The van der Waals surface area contributed by atoms with Crippen LogP contribution in [-0.4, -0.2) is 43.3 Å². The summed E-state index contributed by atoms with van der Waals surface area (Å²) in [6, 6.07) is 9.02. The van der Waals surface area contributed by atoms with Crippen molar-refractivity contribution in [3.05, 3.63) is 54.0 Å². The number of hydrogen-bond acceptors (Lipinski definition) is 5. The number of nitrogens with one attached hydrogen (secondary N) is 2. The van der Waals surface area contributed by atoms with Gasteiger partial charge in [0.1, 0.15) is 11.8 Å². The van der Waals surface area contributed by atoms with Crippen LogP contribution >= 0.6 is 0 Å². The van der Waals surface area contributed by atoms with E-state index in [0.717, 1.165) is 12.0 Å². The van der Waals surface area contributed by atoms with E-state index < -0.39 is 34.1 Å². The molecule has 2 rings (SSSR count). The smallest absolute Gasteiger partial charge is 0.243 e. The number of rotatable bonds is 12. The van der Waals surface area contributed by atoms with E-state index in [1.165, 1.54) is 23.3 Å². The van der Waals surface area contributed by atoms with Gasteiger partial charge in [-0.05, 0) is 57.9 Å². The van der Waals surface area contributed by atoms with E-state index in [1.54, 1.807) is 24.3 Å². The molecule has 1 unspecified atom stereocenters. The minimum Gasteiger partial charge on any atom is -0.467 e. The molecule has 1 aromatic carbocycles. The molecule has 8 nitrogen and oxygen atoms in total. The molecule has 33 heavy (non-hydrogen) atoms. The number of benzene rings is 1. The van der Waals surface area contributed by atoms with Gasteiger partial charge in [0, 0.05) is 5.54 Å². The van der Waals surface area contributed by atoms with Crippen molar-refractivity contribution in [3.8, 4) is 0 Å². The molecular weight excluding hydrogens is 442 g/mol. The van der Waals surface area contributed by atoms with Crippen LogP contribution < -0.4 is 10.0 Å². The molecule has 1 aromatic heterocycles. The van der Waals surface area contributed by atoms with Crippen LogP contribution in [-0.2, 0) is 26.2 Å². The Bertz CT molecular complexity index is 1010. The minimum atomic E-state index is -3.88. The van der Waals surface area contributed by atoms with Crippen molar-refractivity contribution in [2.45, 2.75) is 76.9 Å². The Morgan fingerprint density at radius 3 is 2.33 bits per heavy atom. The average molecular weight is 478 g/mol. The zero-order valence-corrected chi connectivity index (χ0v) is 20.9. The zero-order valence-electron chi connectivity index (χ0n) is 20.1. The van der Waals surface area contributed by atoms with E-state index in [-0.39, 0.29) is 17.3 Å². The van der Waals surface area contributed by atoms with Gasteiger partial charge in [-0.2, -0.15) is 0 Å². The minimum absolute atomic E-state index is 0.0583. The molecule has 0 aliphatic rings. The molecule has 9 heteroatoms. The Hall–Kier alpha value is -2.65. The second kappa shape index (κ2) is 11.5. The number of amides is 2. The lowest BCUT2D eigenvalue weighted by Gasteiger charge is -2.34. The highest BCUT2D eigenvalue weighted by atomic mass is 32.2. The first kappa shape index (κ1) is 26.6. The Kier molecular flexibility index (Phi) is 9.25. The quantitative estimate of drug-likeness (QED) is 0.487. The molecular formula is C24H35N3O5S. The number of aryl methyl sites for hydroxylation is 1. The number of sulfonamides is 1. The van der Waals surface area contributed by atoms with E-state index in [4.69, 9.17) is 4.42 Å². The SMILES string of the molecule is CCCC(C(=O)NC(C)(C)CC)N(Cc1ccco1)C(=O)CNS(=O)(=O)c1ccc(C)cc1. The van der Waals surface area contributed by atoms with Gasteiger partial charge in [0.15, 0.2) is 0 Å². The molecule has 1 atom stereocenters. The van der Waals surface area contributed by atoms with E-state index in [9.17, 15) is 18.0 Å². The number of carbonyl (C=O) groups excluding carboxylic acids is 2. The van der Waals surface area contributed by atoms with E-state index in [1.807, 2.05) is 34.6 Å². The van der Waals surface area contributed by atoms with Crippen LogP contribution in [0.15, 0.2) is 52.0 Å². The monoisotopic (exact) mass is 477 g/mol. The van der Waals surface area contributed by atoms with Crippen LogP contribution in [0.25, 0.3) is 0 Å². The Morgan fingerprint density at radius 2 is 1.79 bits per heavy atom. The summed E-state index contributed by atoms with van der Waals surface area (Å²) in [7, 11) is -3.88. The highest BCUT2D eigenvalue weighted by Gasteiger charge is 2.33. The van der Waals surface area contributed by atoms with Gasteiger partial charge in [0.2, 0.25) is 21.8 Å². The lowest BCUT2D eigenvalue weighted by molar-refractivity contribution is -0.141. The van der Waals surface area contributed by atoms with Crippen molar-refractivity contribution in [1.29, 1.82) is 0 Å². The van der Waals surface area contributed by atoms with Crippen LogP contribution in [0.4, 0.5) is 0 Å². The maximum atomic E-state index is 13.2. The maximum absolute atomic E-state index is 13.2. The third-order valence-electron chi connectivity index (χ3n) is 5.56. The number of hydrogen-bond donors (Lipinski definition) is 2. The van der Waals surface area contributed by atoms with E-state index in [2.05, 4.69) is 10.0 Å². The first-order valence-corrected chi connectivity index (χ1v) is 12.7. The molecule has 0 spiro atoms. The maximum Gasteiger partial charge on any atom is 0.243 e. The molecule has 0 radical (unpaired) electrons. The summed E-state index contributed by atoms with van der Waals surface area (Å²) in [4.78, 5) is 27.9. The average Bonchev–Trinajstić information content (AvgIpc) is 3.28. The summed E-state index contributed by atoms with van der Waals surface area (Å²) < 4.78 is 33.1. The van der Waals surface area contributed by atoms with Gasteiger partial charge in [0.05, 0.1) is 24.2 Å². The second-order valence-corrected chi connectivity index (χ2v) is 10.5. The van der Waals surface area contributed by atoms with Crippen molar-refractivity contribution in [2.75, 3.05) is 6.54 Å².